The monoisotopic (exact) mass is 262 g/mol. The molecule has 0 saturated carbocycles. The van der Waals surface area contributed by atoms with E-state index in [1.807, 2.05) is 0 Å². The van der Waals surface area contributed by atoms with E-state index in [4.69, 9.17) is 4.74 Å². The molecule has 0 radical (unpaired) electrons. The van der Waals surface area contributed by atoms with Gasteiger partial charge in [0.05, 0.1) is 0 Å². The Hall–Kier alpha value is 1.21. The van der Waals surface area contributed by atoms with Crippen molar-refractivity contribution in [3.63, 3.8) is 0 Å². The fourth-order valence-corrected chi connectivity index (χ4v) is 0.510. The number of rotatable bonds is 0. The summed E-state index contributed by atoms with van der Waals surface area (Å²) in [4.78, 5) is 0. The minimum atomic E-state index is 1.00. The minimum absolute atomic E-state index is 1.00. The van der Waals surface area contributed by atoms with Crippen molar-refractivity contribution in [1.29, 1.82) is 0 Å². The van der Waals surface area contributed by atoms with Crippen LogP contribution in [0.1, 0.15) is 12.8 Å². The summed E-state index contributed by atoms with van der Waals surface area (Å²) < 4.78 is 4.94. The van der Waals surface area contributed by atoms with Crippen LogP contribution in [0.5, 0.6) is 0 Å². The molecule has 1 heterocycles. The fraction of sp³-hybridized carbons (Fsp3) is 1.00. The summed E-state index contributed by atoms with van der Waals surface area (Å²) in [6, 6.07) is 0. The molecule has 0 aromatic heterocycles. The summed E-state index contributed by atoms with van der Waals surface area (Å²) in [5.74, 6) is 0. The van der Waals surface area contributed by atoms with E-state index in [1.165, 1.54) is 12.8 Å². The molecule has 0 atom stereocenters. The van der Waals surface area contributed by atoms with Gasteiger partial charge in [-0.2, -0.15) is 0 Å². The quantitative estimate of drug-likeness (QED) is 0.477. The first-order valence-corrected chi connectivity index (χ1v) is 5.23. The van der Waals surface area contributed by atoms with E-state index in [0.29, 0.717) is 0 Å². The first-order valence-electron chi connectivity index (χ1n) is 2.19. The summed E-state index contributed by atoms with van der Waals surface area (Å²) in [5, 5.41) is 0. The molecule has 0 bridgehead atoms. The van der Waals surface area contributed by atoms with Gasteiger partial charge in [0.15, 0.2) is 0 Å². The normalized spacial score (nSPS) is 18.1. The zero-order valence-electron chi connectivity index (χ0n) is 3.92. The van der Waals surface area contributed by atoms with Crippen molar-refractivity contribution >= 4 is 20.3 Å². The van der Waals surface area contributed by atoms with E-state index in [0.717, 1.165) is 13.2 Å². The second-order valence-electron chi connectivity index (χ2n) is 1.32. The van der Waals surface area contributed by atoms with E-state index in [1.54, 1.807) is 20.3 Å². The van der Waals surface area contributed by atoms with Crippen LogP contribution in [0.3, 0.4) is 0 Å². The van der Waals surface area contributed by atoms with E-state index in [9.17, 15) is 0 Å². The molecule has 1 rings (SSSR count). The van der Waals surface area contributed by atoms with Crippen LogP contribution in [0.25, 0.3) is 0 Å². The van der Waals surface area contributed by atoms with Crippen molar-refractivity contribution in [3.8, 4) is 0 Å². The Morgan fingerprint density at radius 1 is 1.14 bits per heavy atom. The molecule has 0 aromatic carbocycles. The van der Waals surface area contributed by atoms with Gasteiger partial charge in [-0.1, -0.05) is 0 Å². The maximum absolute atomic E-state index is 4.94. The molecule has 1 aliphatic heterocycles. The van der Waals surface area contributed by atoms with Crippen LogP contribution in [0, 0.1) is 0 Å². The van der Waals surface area contributed by atoms with Gasteiger partial charge < -0.3 is 4.74 Å². The number of halogens is 1. The van der Waals surface area contributed by atoms with Gasteiger partial charge in [-0.3, -0.25) is 0 Å². The van der Waals surface area contributed by atoms with Gasteiger partial charge in [0, 0.05) is 13.2 Å². The average Bonchev–Trinajstić information content (AvgIpc) is 2.23. The molecule has 0 aromatic rings. The van der Waals surface area contributed by atoms with Crippen molar-refractivity contribution in [1.82, 2.24) is 0 Å². The van der Waals surface area contributed by atoms with Crippen LogP contribution in [-0.4, -0.2) is 13.2 Å². The maximum atomic E-state index is 4.94. The van der Waals surface area contributed by atoms with Crippen LogP contribution >= 0.6 is 20.3 Å². The predicted octanol–water partition coefficient (Wildman–Crippen LogP) is 1.68. The molecule has 0 amide bonds. The Labute approximate surface area is 63.7 Å². The molecule has 1 nitrogen and oxygen atoms in total. The third kappa shape index (κ3) is 5.07. The van der Waals surface area contributed by atoms with Crippen LogP contribution in [0.2, 0.25) is 0 Å². The molecule has 1 fully saturated rings. The second-order valence-corrected chi connectivity index (χ2v) is 1.32. The van der Waals surface area contributed by atoms with Crippen molar-refractivity contribution < 1.29 is 17.5 Å². The van der Waals surface area contributed by atoms with Gasteiger partial charge in [-0.05, 0) is 12.8 Å². The van der Waals surface area contributed by atoms with Crippen molar-refractivity contribution in [2.75, 3.05) is 13.2 Å². The third-order valence-electron chi connectivity index (χ3n) is 0.827. The first-order chi connectivity index (χ1) is 3.50. The van der Waals surface area contributed by atoms with Gasteiger partial charge in [0.2, 0.25) is 0 Å². The molecular formula is C4H8CuIO. The Balaban J connectivity index is 0.000000162. The second kappa shape index (κ2) is 7.21. The predicted molar refractivity (Wildman–Crippen MR) is 34.1 cm³/mol. The van der Waals surface area contributed by atoms with E-state index in [2.05, 4.69) is 12.8 Å². The van der Waals surface area contributed by atoms with Gasteiger partial charge in [0.1, 0.15) is 0 Å². The molecule has 0 spiro atoms. The summed E-state index contributed by atoms with van der Waals surface area (Å²) >= 11 is 5.87. The van der Waals surface area contributed by atoms with Crippen molar-refractivity contribution in [2.24, 2.45) is 0 Å². The Morgan fingerprint density at radius 2 is 1.57 bits per heavy atom. The SMILES string of the molecule is C1CCOC1.[Cu][I]. The van der Waals surface area contributed by atoms with Crippen molar-refractivity contribution in [3.05, 3.63) is 0 Å². The Morgan fingerprint density at radius 3 is 1.71 bits per heavy atom. The summed E-state index contributed by atoms with van der Waals surface area (Å²) in [5.41, 5.74) is 0. The number of hydrogen-bond acceptors (Lipinski definition) is 1. The number of hydrogen-bond donors (Lipinski definition) is 0. The van der Waals surface area contributed by atoms with E-state index >= 15 is 0 Å². The molecule has 3 heteroatoms. The molecule has 0 N–H and O–H groups in total. The third-order valence-corrected chi connectivity index (χ3v) is 0.827. The van der Waals surface area contributed by atoms with Gasteiger partial charge in [-0.15, -0.1) is 0 Å². The van der Waals surface area contributed by atoms with E-state index < -0.39 is 0 Å². The summed E-state index contributed by atoms with van der Waals surface area (Å²) in [6.45, 7) is 2.00. The van der Waals surface area contributed by atoms with Crippen molar-refractivity contribution in [2.45, 2.75) is 12.8 Å². The van der Waals surface area contributed by atoms with E-state index in [-0.39, 0.29) is 0 Å². The Bertz CT molecular complexity index is 23.3. The van der Waals surface area contributed by atoms with Gasteiger partial charge in [0.25, 0.3) is 0 Å². The summed E-state index contributed by atoms with van der Waals surface area (Å²) in [7, 11) is 0. The topological polar surface area (TPSA) is 9.23 Å². The average molecular weight is 263 g/mol. The molecular weight excluding hydrogens is 254 g/mol. The molecule has 48 valence electrons. The molecule has 0 unspecified atom stereocenters. The first kappa shape index (κ1) is 8.21. The molecule has 1 saturated heterocycles. The van der Waals surface area contributed by atoms with Crippen LogP contribution in [0.15, 0.2) is 0 Å². The fourth-order valence-electron chi connectivity index (χ4n) is 0.510. The number of ether oxygens (including phenoxy) is 1. The summed E-state index contributed by atoms with van der Waals surface area (Å²) in [6.07, 6.45) is 2.56. The molecule has 0 aliphatic carbocycles. The molecule has 1 aliphatic rings. The zero-order valence-corrected chi connectivity index (χ0v) is 7.02. The van der Waals surface area contributed by atoms with Gasteiger partial charge in [-0.25, -0.2) is 0 Å². The molecule has 7 heavy (non-hydrogen) atoms. The Kier molecular flexibility index (Phi) is 8.46. The zero-order chi connectivity index (χ0) is 5.54. The van der Waals surface area contributed by atoms with Gasteiger partial charge >= 0.3 is 33.1 Å². The van der Waals surface area contributed by atoms with Crippen LogP contribution in [-0.2, 0) is 17.5 Å². The standard InChI is InChI=1S/C4H8O.Cu.HI/c1-2-4-5-3-1;;/h1-4H2;;1H/q;+1;/p-1. The van der Waals surface area contributed by atoms with Crippen LogP contribution < -0.4 is 0 Å². The van der Waals surface area contributed by atoms with Crippen LogP contribution in [0.4, 0.5) is 0 Å².